The number of likely N-dealkylation sites (N-methyl/N-ethyl adjacent to an activating group) is 1. The number of fused-ring (bicyclic) bond motifs is 1. The fourth-order valence-corrected chi connectivity index (χ4v) is 4.21. The summed E-state index contributed by atoms with van der Waals surface area (Å²) >= 11 is 12.2. The lowest BCUT2D eigenvalue weighted by atomic mass is 9.58. The number of aliphatic hydroxyl groups excluding tert-OH is 1. The fourth-order valence-electron chi connectivity index (χ4n) is 3.91. The van der Waals surface area contributed by atoms with E-state index in [4.69, 9.17) is 34.0 Å². The van der Waals surface area contributed by atoms with Gasteiger partial charge < -0.3 is 15.7 Å². The van der Waals surface area contributed by atoms with E-state index in [0.29, 0.717) is 35.3 Å². The molecule has 0 unspecified atom stereocenters. The van der Waals surface area contributed by atoms with Gasteiger partial charge in [-0.2, -0.15) is 15.8 Å². The van der Waals surface area contributed by atoms with E-state index in [-0.39, 0.29) is 17.2 Å². The first-order valence-electron chi connectivity index (χ1n) is 9.48. The van der Waals surface area contributed by atoms with Crippen molar-refractivity contribution in [1.29, 1.82) is 15.8 Å². The average Bonchev–Trinajstić information content (AvgIpc) is 2.75. The van der Waals surface area contributed by atoms with E-state index in [1.54, 1.807) is 18.2 Å². The number of hydrogen-bond acceptors (Lipinski definition) is 6. The van der Waals surface area contributed by atoms with Crippen LogP contribution in [-0.4, -0.2) is 36.8 Å². The van der Waals surface area contributed by atoms with E-state index in [1.807, 2.05) is 20.0 Å². The van der Waals surface area contributed by atoms with Crippen LogP contribution in [0.2, 0.25) is 10.0 Å². The minimum atomic E-state index is -1.65. The van der Waals surface area contributed by atoms with Crippen molar-refractivity contribution in [3.8, 4) is 18.2 Å². The highest BCUT2D eigenvalue weighted by Crippen LogP contribution is 2.54. The fraction of sp³-hybridized carbons (Fsp3) is 0.409. The summed E-state index contributed by atoms with van der Waals surface area (Å²) in [5.74, 6) is -0.786. The van der Waals surface area contributed by atoms with Gasteiger partial charge >= 0.3 is 0 Å². The summed E-state index contributed by atoms with van der Waals surface area (Å²) in [6.07, 6.45) is 2.82. The third-order valence-corrected chi connectivity index (χ3v) is 6.11. The van der Waals surface area contributed by atoms with Crippen LogP contribution in [0.4, 0.5) is 0 Å². The number of rotatable bonds is 2. The van der Waals surface area contributed by atoms with Gasteiger partial charge in [-0.25, -0.2) is 0 Å². The first kappa shape index (κ1) is 23.7. The molecule has 1 heterocycles. The smallest absolute Gasteiger partial charge is 0.191 e. The third-order valence-electron chi connectivity index (χ3n) is 5.37. The standard InChI is InChI=1S/C19H15Cl2N5.C3H8O/c1-26-5-4-12-13(7-22)18(25)19(9-23,10-24)17(14(12)8-26)11-2-3-15(20)16(21)6-11;1-2-3-4/h2-4,6,14,17H,5,8,25H2,1H3;4H,2-3H2,1H3/t14-,17+;/m1./s1. The first-order chi connectivity index (χ1) is 14.3. The molecule has 3 rings (SSSR count). The molecule has 0 aromatic heterocycles. The second-order valence-electron chi connectivity index (χ2n) is 7.29. The minimum absolute atomic E-state index is 0.00752. The Bertz CT molecular complexity index is 980. The van der Waals surface area contributed by atoms with Gasteiger partial charge in [0.2, 0.25) is 0 Å². The van der Waals surface area contributed by atoms with Gasteiger partial charge in [-0.05, 0) is 36.7 Å². The summed E-state index contributed by atoms with van der Waals surface area (Å²) < 4.78 is 0. The Balaban J connectivity index is 0.000000735. The van der Waals surface area contributed by atoms with E-state index < -0.39 is 11.3 Å². The van der Waals surface area contributed by atoms with Crippen LogP contribution in [0.3, 0.4) is 0 Å². The molecule has 3 N–H and O–H groups in total. The number of nitrogens with two attached hydrogens (primary N) is 1. The first-order valence-corrected chi connectivity index (χ1v) is 10.2. The van der Waals surface area contributed by atoms with Crippen molar-refractivity contribution in [2.75, 3.05) is 26.7 Å². The predicted octanol–water partition coefficient (Wildman–Crippen LogP) is 3.74. The van der Waals surface area contributed by atoms with Crippen LogP contribution < -0.4 is 5.73 Å². The highest BCUT2D eigenvalue weighted by molar-refractivity contribution is 6.42. The van der Waals surface area contributed by atoms with Crippen molar-refractivity contribution in [2.24, 2.45) is 17.1 Å². The normalized spacial score (nSPS) is 22.4. The van der Waals surface area contributed by atoms with Crippen molar-refractivity contribution in [2.45, 2.75) is 19.3 Å². The van der Waals surface area contributed by atoms with Gasteiger partial charge in [-0.1, -0.05) is 42.3 Å². The van der Waals surface area contributed by atoms with Crippen molar-refractivity contribution >= 4 is 23.2 Å². The number of aliphatic hydroxyl groups is 1. The lowest BCUT2D eigenvalue weighted by Crippen LogP contribution is -2.47. The van der Waals surface area contributed by atoms with E-state index >= 15 is 0 Å². The molecular formula is C22H23Cl2N5O. The van der Waals surface area contributed by atoms with E-state index in [9.17, 15) is 15.8 Å². The molecule has 8 heteroatoms. The molecular weight excluding hydrogens is 421 g/mol. The van der Waals surface area contributed by atoms with E-state index in [2.05, 4.69) is 23.1 Å². The summed E-state index contributed by atoms with van der Waals surface area (Å²) in [6.45, 7) is 3.52. The second-order valence-corrected chi connectivity index (χ2v) is 8.11. The Kier molecular flexibility index (Phi) is 7.90. The molecule has 156 valence electrons. The highest BCUT2D eigenvalue weighted by Gasteiger charge is 2.54. The molecule has 0 amide bonds. The number of nitriles is 3. The van der Waals surface area contributed by atoms with Gasteiger partial charge in [0.15, 0.2) is 5.41 Å². The Labute approximate surface area is 187 Å². The molecule has 1 aliphatic heterocycles. The van der Waals surface area contributed by atoms with E-state index in [0.717, 1.165) is 12.0 Å². The Morgan fingerprint density at radius 3 is 2.37 bits per heavy atom. The molecule has 0 spiro atoms. The third kappa shape index (κ3) is 4.17. The van der Waals surface area contributed by atoms with Crippen LogP contribution in [-0.2, 0) is 0 Å². The van der Waals surface area contributed by atoms with Crippen LogP contribution in [0.15, 0.2) is 41.1 Å². The van der Waals surface area contributed by atoms with Gasteiger partial charge in [0, 0.05) is 31.5 Å². The lowest BCUT2D eigenvalue weighted by molar-refractivity contribution is 0.237. The maximum atomic E-state index is 9.95. The molecule has 0 fully saturated rings. The molecule has 0 saturated heterocycles. The van der Waals surface area contributed by atoms with Crippen molar-refractivity contribution in [3.63, 3.8) is 0 Å². The molecule has 0 radical (unpaired) electrons. The summed E-state index contributed by atoms with van der Waals surface area (Å²) in [6, 6.07) is 11.4. The van der Waals surface area contributed by atoms with Crippen molar-refractivity contribution < 1.29 is 5.11 Å². The summed E-state index contributed by atoms with van der Waals surface area (Å²) in [7, 11) is 1.95. The lowest BCUT2D eigenvalue weighted by Gasteiger charge is -2.45. The zero-order valence-electron chi connectivity index (χ0n) is 16.9. The molecule has 6 nitrogen and oxygen atoms in total. The number of allylic oxidation sites excluding steroid dienone is 2. The van der Waals surface area contributed by atoms with Crippen LogP contribution in [0.1, 0.15) is 24.8 Å². The van der Waals surface area contributed by atoms with Crippen molar-refractivity contribution in [3.05, 3.63) is 56.7 Å². The zero-order chi connectivity index (χ0) is 22.5. The number of benzene rings is 1. The van der Waals surface area contributed by atoms with Gasteiger partial charge in [-0.15, -0.1) is 0 Å². The average molecular weight is 444 g/mol. The largest absolute Gasteiger partial charge is 0.399 e. The van der Waals surface area contributed by atoms with Gasteiger partial charge in [0.1, 0.15) is 6.07 Å². The molecule has 0 bridgehead atoms. The number of nitrogens with zero attached hydrogens (tertiary/aromatic N) is 4. The zero-order valence-corrected chi connectivity index (χ0v) is 18.4. The van der Waals surface area contributed by atoms with Gasteiger partial charge in [0.05, 0.1) is 33.5 Å². The van der Waals surface area contributed by atoms with Crippen molar-refractivity contribution in [1.82, 2.24) is 4.90 Å². The molecule has 0 saturated carbocycles. The monoisotopic (exact) mass is 443 g/mol. The molecule has 2 atom stereocenters. The molecule has 2 aliphatic rings. The topological polar surface area (TPSA) is 121 Å². The Hall–Kier alpha value is -2.53. The van der Waals surface area contributed by atoms with E-state index in [1.165, 1.54) is 0 Å². The molecule has 1 aliphatic carbocycles. The molecule has 1 aromatic carbocycles. The van der Waals surface area contributed by atoms with Crippen LogP contribution >= 0.6 is 23.2 Å². The summed E-state index contributed by atoms with van der Waals surface area (Å²) in [5, 5.41) is 38.1. The number of hydrogen-bond donors (Lipinski definition) is 2. The van der Waals surface area contributed by atoms with Crippen LogP contribution in [0.25, 0.3) is 0 Å². The number of halogens is 2. The Morgan fingerprint density at radius 1 is 1.23 bits per heavy atom. The van der Waals surface area contributed by atoms with Crippen LogP contribution in [0, 0.1) is 45.3 Å². The Morgan fingerprint density at radius 2 is 1.87 bits per heavy atom. The quantitative estimate of drug-likeness (QED) is 0.717. The maximum Gasteiger partial charge on any atom is 0.191 e. The second kappa shape index (κ2) is 9.98. The van der Waals surface area contributed by atoms with Gasteiger partial charge in [0.25, 0.3) is 0 Å². The summed E-state index contributed by atoms with van der Waals surface area (Å²) in [5.41, 5.74) is 6.32. The highest BCUT2D eigenvalue weighted by atomic mass is 35.5. The predicted molar refractivity (Wildman–Crippen MR) is 116 cm³/mol. The molecule has 30 heavy (non-hydrogen) atoms. The molecule has 1 aromatic rings. The van der Waals surface area contributed by atoms with Crippen LogP contribution in [0.5, 0.6) is 0 Å². The van der Waals surface area contributed by atoms with Gasteiger partial charge in [-0.3, -0.25) is 0 Å². The maximum absolute atomic E-state index is 9.95. The SMILES string of the molecule is CCCO.CN1CC=C2C(C#N)=C(N)C(C#N)(C#N)[C@@H](c3ccc(Cl)c(Cl)c3)[C@@H]2C1. The summed E-state index contributed by atoms with van der Waals surface area (Å²) in [4.78, 5) is 2.08. The minimum Gasteiger partial charge on any atom is -0.399 e.